The van der Waals surface area contributed by atoms with Crippen LogP contribution in [-0.4, -0.2) is 17.0 Å². The molecule has 1 rings (SSSR count). The monoisotopic (exact) mass is 130 g/mol. The van der Waals surface area contributed by atoms with Gasteiger partial charge in [-0.05, 0) is 24.6 Å². The van der Waals surface area contributed by atoms with Gasteiger partial charge in [0.15, 0.2) is 0 Å². The summed E-state index contributed by atoms with van der Waals surface area (Å²) in [4.78, 5) is 0. The Kier molecular flexibility index (Phi) is 1.72. The van der Waals surface area contributed by atoms with Gasteiger partial charge < -0.3 is 0 Å². The molecule has 8 heavy (non-hydrogen) atoms. The van der Waals surface area contributed by atoms with Gasteiger partial charge in [0.25, 0.3) is 0 Å². The summed E-state index contributed by atoms with van der Waals surface area (Å²) in [6, 6.07) is 2.08. The first-order valence-electron chi connectivity index (χ1n) is 2.66. The van der Waals surface area contributed by atoms with Crippen LogP contribution in [0.4, 0.5) is 0 Å². The van der Waals surface area contributed by atoms with Gasteiger partial charge in [0.05, 0.1) is 6.07 Å². The van der Waals surface area contributed by atoms with Crippen LogP contribution in [0.1, 0.15) is 12.8 Å². The minimum Gasteiger partial charge on any atom is -0.203 e. The van der Waals surface area contributed by atoms with E-state index in [-0.39, 0.29) is 6.04 Å². The number of hydrogen-bond acceptors (Lipinski definition) is 2. The predicted molar refractivity (Wildman–Crippen MR) is 31.2 cm³/mol. The molecular formula is C5H7ClN2. The molecule has 0 spiro atoms. The quantitative estimate of drug-likeness (QED) is 0.460. The van der Waals surface area contributed by atoms with Crippen LogP contribution in [0.3, 0.4) is 0 Å². The maximum absolute atomic E-state index is 8.36. The molecule has 44 valence electrons. The highest BCUT2D eigenvalue weighted by molar-refractivity contribution is 6.13. The number of nitrogens with zero attached hydrogens (tertiary/aromatic N) is 2. The molecule has 0 bridgehead atoms. The molecule has 0 radical (unpaired) electrons. The van der Waals surface area contributed by atoms with Gasteiger partial charge in [-0.1, -0.05) is 0 Å². The van der Waals surface area contributed by atoms with Crippen LogP contribution in [0.5, 0.6) is 0 Å². The Morgan fingerprint density at radius 1 is 1.75 bits per heavy atom. The van der Waals surface area contributed by atoms with E-state index in [1.54, 1.807) is 4.42 Å². The molecule has 0 aliphatic carbocycles. The fourth-order valence-corrected chi connectivity index (χ4v) is 1.12. The number of nitriles is 1. The fourth-order valence-electron chi connectivity index (χ4n) is 0.859. The van der Waals surface area contributed by atoms with Crippen LogP contribution in [0, 0.1) is 11.3 Å². The van der Waals surface area contributed by atoms with Crippen molar-refractivity contribution in [2.45, 2.75) is 18.9 Å². The summed E-state index contributed by atoms with van der Waals surface area (Å²) in [6.45, 7) is 0.861. The third-order valence-electron chi connectivity index (χ3n) is 1.34. The van der Waals surface area contributed by atoms with Crippen molar-refractivity contribution >= 4 is 11.8 Å². The molecule has 1 aliphatic rings. The Morgan fingerprint density at radius 2 is 2.50 bits per heavy atom. The average Bonchev–Trinajstić information content (AvgIpc) is 2.14. The molecule has 0 unspecified atom stereocenters. The van der Waals surface area contributed by atoms with E-state index in [4.69, 9.17) is 17.0 Å². The van der Waals surface area contributed by atoms with E-state index in [9.17, 15) is 0 Å². The Bertz CT molecular complexity index is 118. The van der Waals surface area contributed by atoms with Crippen molar-refractivity contribution in [1.82, 2.24) is 4.42 Å². The lowest BCUT2D eigenvalue weighted by molar-refractivity contribution is 0.496. The summed E-state index contributed by atoms with van der Waals surface area (Å²) < 4.78 is 1.57. The number of hydrogen-bond donors (Lipinski definition) is 0. The molecule has 0 amide bonds. The minimum absolute atomic E-state index is 0.0309. The van der Waals surface area contributed by atoms with E-state index in [1.165, 1.54) is 0 Å². The van der Waals surface area contributed by atoms with Crippen molar-refractivity contribution in [3.05, 3.63) is 0 Å². The smallest absolute Gasteiger partial charge is 0.112 e. The van der Waals surface area contributed by atoms with Crippen molar-refractivity contribution in [1.29, 1.82) is 5.26 Å². The Labute approximate surface area is 53.8 Å². The summed E-state index contributed by atoms with van der Waals surface area (Å²) >= 11 is 5.59. The van der Waals surface area contributed by atoms with Crippen LogP contribution in [0.25, 0.3) is 0 Å². The first-order valence-corrected chi connectivity index (χ1v) is 3.00. The molecule has 0 aromatic rings. The first-order chi connectivity index (χ1) is 3.84. The summed E-state index contributed by atoms with van der Waals surface area (Å²) in [7, 11) is 0. The van der Waals surface area contributed by atoms with Crippen molar-refractivity contribution in [3.8, 4) is 6.07 Å². The van der Waals surface area contributed by atoms with E-state index in [1.807, 2.05) is 0 Å². The lowest BCUT2D eigenvalue weighted by Gasteiger charge is -2.05. The average molecular weight is 131 g/mol. The molecule has 0 saturated carbocycles. The minimum atomic E-state index is -0.0309. The van der Waals surface area contributed by atoms with Gasteiger partial charge in [-0.2, -0.15) is 5.26 Å². The molecule has 1 atom stereocenters. The molecule has 0 aromatic heterocycles. The normalized spacial score (nSPS) is 30.2. The first kappa shape index (κ1) is 5.87. The fraction of sp³-hybridized carbons (Fsp3) is 0.800. The highest BCUT2D eigenvalue weighted by Crippen LogP contribution is 2.17. The van der Waals surface area contributed by atoms with Crippen LogP contribution in [0.2, 0.25) is 0 Å². The van der Waals surface area contributed by atoms with Crippen molar-refractivity contribution < 1.29 is 0 Å². The van der Waals surface area contributed by atoms with Gasteiger partial charge >= 0.3 is 0 Å². The van der Waals surface area contributed by atoms with Crippen LogP contribution >= 0.6 is 11.8 Å². The third kappa shape index (κ3) is 0.936. The Morgan fingerprint density at radius 3 is 2.75 bits per heavy atom. The molecule has 2 nitrogen and oxygen atoms in total. The maximum Gasteiger partial charge on any atom is 0.112 e. The van der Waals surface area contributed by atoms with E-state index in [2.05, 4.69) is 6.07 Å². The highest BCUT2D eigenvalue weighted by Gasteiger charge is 2.21. The Balaban J connectivity index is 2.45. The van der Waals surface area contributed by atoms with E-state index in [0.29, 0.717) is 0 Å². The van der Waals surface area contributed by atoms with E-state index < -0.39 is 0 Å². The second kappa shape index (κ2) is 2.34. The molecule has 1 saturated heterocycles. The molecule has 0 aromatic carbocycles. The van der Waals surface area contributed by atoms with Crippen LogP contribution in [0.15, 0.2) is 0 Å². The van der Waals surface area contributed by atoms with Gasteiger partial charge in [0, 0.05) is 6.54 Å². The zero-order chi connectivity index (χ0) is 5.98. The maximum atomic E-state index is 8.36. The number of rotatable bonds is 0. The lowest BCUT2D eigenvalue weighted by Crippen LogP contribution is -2.16. The molecule has 1 heterocycles. The van der Waals surface area contributed by atoms with E-state index >= 15 is 0 Å². The van der Waals surface area contributed by atoms with Crippen LogP contribution < -0.4 is 0 Å². The molecule has 0 N–H and O–H groups in total. The molecule has 3 heteroatoms. The lowest BCUT2D eigenvalue weighted by atomic mass is 10.2. The van der Waals surface area contributed by atoms with Crippen LogP contribution in [-0.2, 0) is 0 Å². The Hall–Kier alpha value is -0.260. The molecular weight excluding hydrogens is 124 g/mol. The standard InChI is InChI=1S/C5H7ClN2/c6-8-3-1-2-5(8)4-7/h5H,1-3H2/t5-/m0/s1. The van der Waals surface area contributed by atoms with Gasteiger partial charge in [-0.25, -0.2) is 4.42 Å². The van der Waals surface area contributed by atoms with Gasteiger partial charge in [-0.15, -0.1) is 0 Å². The zero-order valence-electron chi connectivity index (χ0n) is 4.47. The largest absolute Gasteiger partial charge is 0.203 e. The third-order valence-corrected chi connectivity index (χ3v) is 1.74. The summed E-state index contributed by atoms with van der Waals surface area (Å²) in [5.74, 6) is 0. The number of halogens is 1. The van der Waals surface area contributed by atoms with Crippen molar-refractivity contribution in [3.63, 3.8) is 0 Å². The zero-order valence-corrected chi connectivity index (χ0v) is 5.23. The highest BCUT2D eigenvalue weighted by atomic mass is 35.5. The second-order valence-corrected chi connectivity index (χ2v) is 2.34. The van der Waals surface area contributed by atoms with E-state index in [0.717, 1.165) is 19.4 Å². The van der Waals surface area contributed by atoms with Gasteiger partial charge in [-0.3, -0.25) is 0 Å². The van der Waals surface area contributed by atoms with Crippen molar-refractivity contribution in [2.24, 2.45) is 0 Å². The summed E-state index contributed by atoms with van der Waals surface area (Å²) in [6.07, 6.45) is 1.99. The predicted octanol–water partition coefficient (Wildman–Crippen LogP) is 1.13. The summed E-state index contributed by atoms with van der Waals surface area (Å²) in [5, 5.41) is 8.36. The van der Waals surface area contributed by atoms with Crippen molar-refractivity contribution in [2.75, 3.05) is 6.54 Å². The second-order valence-electron chi connectivity index (χ2n) is 1.91. The molecule has 1 fully saturated rings. The topological polar surface area (TPSA) is 27.0 Å². The van der Waals surface area contributed by atoms with Gasteiger partial charge in [0.1, 0.15) is 6.04 Å². The SMILES string of the molecule is N#C[C@@H]1CCCN1Cl. The summed E-state index contributed by atoms with van der Waals surface area (Å²) in [5.41, 5.74) is 0. The van der Waals surface area contributed by atoms with Gasteiger partial charge in [0.2, 0.25) is 0 Å². The molecule has 1 aliphatic heterocycles.